The molecular formula is C23H26O2Si. The monoisotopic (exact) mass is 362 g/mol. The molecule has 2 nitrogen and oxygen atoms in total. The first-order valence-electron chi connectivity index (χ1n) is 9.23. The van der Waals surface area contributed by atoms with Crippen LogP contribution < -0.4 is 15.6 Å². The number of aliphatic hydroxyl groups excluding tert-OH is 2. The van der Waals surface area contributed by atoms with Crippen molar-refractivity contribution in [3.63, 3.8) is 0 Å². The van der Waals surface area contributed by atoms with Crippen LogP contribution in [0.1, 0.15) is 12.8 Å². The Kier molecular flexibility index (Phi) is 6.39. The van der Waals surface area contributed by atoms with E-state index in [4.69, 9.17) is 5.11 Å². The van der Waals surface area contributed by atoms with E-state index in [1.165, 1.54) is 15.6 Å². The Labute approximate surface area is 156 Å². The zero-order valence-corrected chi connectivity index (χ0v) is 16.0. The summed E-state index contributed by atoms with van der Waals surface area (Å²) >= 11 is 0. The van der Waals surface area contributed by atoms with Gasteiger partial charge in [-0.05, 0) is 34.4 Å². The minimum Gasteiger partial charge on any atom is -0.396 e. The normalized spacial score (nSPS) is 12.7. The van der Waals surface area contributed by atoms with E-state index in [1.807, 2.05) is 18.2 Å². The van der Waals surface area contributed by atoms with E-state index in [9.17, 15) is 5.11 Å². The molecule has 0 aliphatic rings. The molecule has 1 atom stereocenters. The van der Waals surface area contributed by atoms with E-state index in [-0.39, 0.29) is 6.61 Å². The van der Waals surface area contributed by atoms with Crippen molar-refractivity contribution in [2.24, 2.45) is 0 Å². The lowest BCUT2D eigenvalue weighted by molar-refractivity contribution is 0.166. The Morgan fingerprint density at radius 1 is 0.654 bits per heavy atom. The Hall–Kier alpha value is -2.20. The second kappa shape index (κ2) is 8.95. The molecule has 0 aliphatic heterocycles. The molecular weight excluding hydrogens is 336 g/mol. The predicted molar refractivity (Wildman–Crippen MR) is 111 cm³/mol. The minimum absolute atomic E-state index is 0.119. The van der Waals surface area contributed by atoms with Crippen molar-refractivity contribution in [1.29, 1.82) is 0 Å². The van der Waals surface area contributed by atoms with Crippen LogP contribution in [-0.2, 0) is 0 Å². The summed E-state index contributed by atoms with van der Waals surface area (Å²) in [6.45, 7) is 0.119. The van der Waals surface area contributed by atoms with Gasteiger partial charge >= 0.3 is 0 Å². The van der Waals surface area contributed by atoms with Crippen molar-refractivity contribution >= 4 is 23.6 Å². The molecule has 3 rings (SSSR count). The second-order valence-electron chi connectivity index (χ2n) is 6.73. The molecule has 0 aliphatic carbocycles. The van der Waals surface area contributed by atoms with Crippen molar-refractivity contribution in [1.82, 2.24) is 0 Å². The number of hydrogen-bond acceptors (Lipinski definition) is 2. The van der Waals surface area contributed by atoms with Crippen molar-refractivity contribution in [3.05, 3.63) is 91.0 Å². The van der Waals surface area contributed by atoms with Gasteiger partial charge in [0.2, 0.25) is 0 Å². The highest BCUT2D eigenvalue weighted by atomic mass is 28.3. The highest BCUT2D eigenvalue weighted by Gasteiger charge is 2.40. The van der Waals surface area contributed by atoms with E-state index in [1.54, 1.807) is 0 Å². The molecule has 0 bridgehead atoms. The molecule has 0 fully saturated rings. The largest absolute Gasteiger partial charge is 0.396 e. The van der Waals surface area contributed by atoms with Crippen molar-refractivity contribution in [2.75, 3.05) is 6.61 Å². The summed E-state index contributed by atoms with van der Waals surface area (Å²) in [5.74, 6) is 0. The molecule has 0 saturated carbocycles. The summed E-state index contributed by atoms with van der Waals surface area (Å²) in [5, 5.41) is 23.9. The highest BCUT2D eigenvalue weighted by molar-refractivity contribution is 7.11. The molecule has 0 radical (unpaired) electrons. The summed E-state index contributed by atoms with van der Waals surface area (Å²) in [6.07, 6.45) is 0.816. The molecule has 0 saturated heterocycles. The summed E-state index contributed by atoms with van der Waals surface area (Å²) in [6, 6.07) is 32.6. The third kappa shape index (κ3) is 3.96. The van der Waals surface area contributed by atoms with Crippen LogP contribution in [0.25, 0.3) is 0 Å². The highest BCUT2D eigenvalue weighted by Crippen LogP contribution is 2.17. The molecule has 3 aromatic rings. The standard InChI is InChI=1S/C23H26O2Si/c24-18-10-11-20(25)19-26(21-12-4-1-5-13-21,22-14-6-2-7-15-22)23-16-8-3-9-17-23/h1-9,12-17,20,24-25H,10-11,18-19H2/t20-/m1/s1. The lowest BCUT2D eigenvalue weighted by atomic mass is 10.2. The maximum atomic E-state index is 10.8. The summed E-state index contributed by atoms with van der Waals surface area (Å²) in [7, 11) is -2.37. The second-order valence-corrected chi connectivity index (χ2v) is 10.7. The number of benzene rings is 3. The van der Waals surface area contributed by atoms with Crippen molar-refractivity contribution in [3.8, 4) is 0 Å². The SMILES string of the molecule is OCCC[C@@H](O)C[Si](c1ccccc1)(c1ccccc1)c1ccccc1. The fourth-order valence-electron chi connectivity index (χ4n) is 3.80. The molecule has 134 valence electrons. The van der Waals surface area contributed by atoms with Gasteiger partial charge in [0.25, 0.3) is 0 Å². The molecule has 26 heavy (non-hydrogen) atoms. The first-order chi connectivity index (χ1) is 12.8. The predicted octanol–water partition coefficient (Wildman–Crippen LogP) is 2.29. The molecule has 0 heterocycles. The van der Waals surface area contributed by atoms with Crippen LogP contribution in [0.4, 0.5) is 0 Å². The van der Waals surface area contributed by atoms with Gasteiger partial charge < -0.3 is 10.2 Å². The zero-order valence-electron chi connectivity index (χ0n) is 15.0. The summed E-state index contributed by atoms with van der Waals surface area (Å²) < 4.78 is 0. The van der Waals surface area contributed by atoms with Gasteiger partial charge in [-0.2, -0.15) is 0 Å². The maximum Gasteiger partial charge on any atom is 0.150 e. The fraction of sp³-hybridized carbons (Fsp3) is 0.217. The zero-order chi connectivity index (χ0) is 18.2. The smallest absolute Gasteiger partial charge is 0.150 e. The van der Waals surface area contributed by atoms with Crippen LogP contribution in [0.3, 0.4) is 0 Å². The van der Waals surface area contributed by atoms with Gasteiger partial charge in [0.15, 0.2) is 8.07 Å². The van der Waals surface area contributed by atoms with Crippen LogP contribution in [0.15, 0.2) is 91.0 Å². The average molecular weight is 363 g/mol. The van der Waals surface area contributed by atoms with Crippen LogP contribution >= 0.6 is 0 Å². The molecule has 2 N–H and O–H groups in total. The van der Waals surface area contributed by atoms with Gasteiger partial charge in [0, 0.05) is 6.61 Å². The Balaban J connectivity index is 2.18. The number of hydrogen-bond donors (Lipinski definition) is 2. The first kappa shape index (κ1) is 18.6. The van der Waals surface area contributed by atoms with E-state index < -0.39 is 14.2 Å². The Morgan fingerprint density at radius 3 is 1.38 bits per heavy atom. The van der Waals surface area contributed by atoms with Gasteiger partial charge in [-0.1, -0.05) is 91.0 Å². The van der Waals surface area contributed by atoms with Gasteiger partial charge in [0.05, 0.1) is 6.10 Å². The molecule has 0 unspecified atom stereocenters. The Morgan fingerprint density at radius 2 is 1.04 bits per heavy atom. The molecule has 0 aromatic heterocycles. The van der Waals surface area contributed by atoms with E-state index in [0.29, 0.717) is 18.9 Å². The van der Waals surface area contributed by atoms with Crippen molar-refractivity contribution < 1.29 is 10.2 Å². The van der Waals surface area contributed by atoms with Gasteiger partial charge in [-0.3, -0.25) is 0 Å². The summed E-state index contributed by atoms with van der Waals surface area (Å²) in [4.78, 5) is 0. The van der Waals surface area contributed by atoms with E-state index in [2.05, 4.69) is 72.8 Å². The third-order valence-corrected chi connectivity index (χ3v) is 10.1. The van der Waals surface area contributed by atoms with Crippen LogP contribution in [0.2, 0.25) is 6.04 Å². The van der Waals surface area contributed by atoms with E-state index >= 15 is 0 Å². The quantitative estimate of drug-likeness (QED) is 0.477. The third-order valence-electron chi connectivity index (χ3n) is 5.04. The lowest BCUT2D eigenvalue weighted by Crippen LogP contribution is -2.68. The van der Waals surface area contributed by atoms with Crippen LogP contribution in [0, 0.1) is 0 Å². The fourth-order valence-corrected chi connectivity index (χ4v) is 8.71. The van der Waals surface area contributed by atoms with Crippen LogP contribution in [-0.4, -0.2) is 31.0 Å². The first-order valence-corrected chi connectivity index (χ1v) is 11.4. The minimum atomic E-state index is -2.37. The lowest BCUT2D eigenvalue weighted by Gasteiger charge is -2.35. The molecule has 3 heteroatoms. The van der Waals surface area contributed by atoms with E-state index in [0.717, 1.165) is 0 Å². The van der Waals surface area contributed by atoms with Crippen LogP contribution in [0.5, 0.6) is 0 Å². The number of aliphatic hydroxyl groups is 2. The number of rotatable bonds is 8. The molecule has 0 spiro atoms. The van der Waals surface area contributed by atoms with Gasteiger partial charge in [-0.25, -0.2) is 0 Å². The molecule has 3 aromatic carbocycles. The van der Waals surface area contributed by atoms with Gasteiger partial charge in [-0.15, -0.1) is 0 Å². The van der Waals surface area contributed by atoms with Crippen molar-refractivity contribution in [2.45, 2.75) is 25.0 Å². The average Bonchev–Trinajstić information content (AvgIpc) is 2.72. The maximum absolute atomic E-state index is 10.8. The molecule has 0 amide bonds. The topological polar surface area (TPSA) is 40.5 Å². The summed E-state index contributed by atoms with van der Waals surface area (Å²) in [5.41, 5.74) is 0. The van der Waals surface area contributed by atoms with Gasteiger partial charge in [0.1, 0.15) is 0 Å². The Bertz CT molecular complexity index is 678.